The Kier molecular flexibility index (Phi) is 3.60. The normalized spacial score (nSPS) is 27.3. The number of nitrogens with one attached hydrogen (secondary N) is 1. The molecule has 0 aliphatic carbocycles. The quantitative estimate of drug-likeness (QED) is 0.902. The first-order valence-electron chi connectivity index (χ1n) is 6.71. The SMILES string of the molecule is CCN1C(=O)C(C)(CC)NC(=O)C1c1ccccc1. The summed E-state index contributed by atoms with van der Waals surface area (Å²) in [5.74, 6) is -0.108. The molecule has 1 saturated heterocycles. The van der Waals surface area contributed by atoms with Crippen molar-refractivity contribution in [3.8, 4) is 0 Å². The van der Waals surface area contributed by atoms with Gasteiger partial charge in [0.05, 0.1) is 0 Å². The number of nitrogens with zero attached hydrogens (tertiary/aromatic N) is 1. The molecule has 1 aromatic rings. The fraction of sp³-hybridized carbons (Fsp3) is 0.467. The minimum Gasteiger partial charge on any atom is -0.340 e. The van der Waals surface area contributed by atoms with Crippen LogP contribution in [0.3, 0.4) is 0 Å². The van der Waals surface area contributed by atoms with Crippen molar-refractivity contribution >= 4 is 11.8 Å². The maximum atomic E-state index is 12.5. The van der Waals surface area contributed by atoms with Crippen molar-refractivity contribution in [1.29, 1.82) is 0 Å². The molecule has 2 unspecified atom stereocenters. The highest BCUT2D eigenvalue weighted by Crippen LogP contribution is 2.30. The average molecular weight is 260 g/mol. The molecule has 4 nitrogen and oxygen atoms in total. The van der Waals surface area contributed by atoms with Gasteiger partial charge in [-0.05, 0) is 25.8 Å². The highest BCUT2D eigenvalue weighted by Gasteiger charge is 2.46. The van der Waals surface area contributed by atoms with Crippen molar-refractivity contribution < 1.29 is 9.59 Å². The molecular formula is C15H20N2O2. The average Bonchev–Trinajstić information content (AvgIpc) is 2.43. The largest absolute Gasteiger partial charge is 0.340 e. The lowest BCUT2D eigenvalue weighted by Gasteiger charge is -2.43. The highest BCUT2D eigenvalue weighted by molar-refractivity contribution is 6.00. The van der Waals surface area contributed by atoms with Gasteiger partial charge in [0.1, 0.15) is 11.6 Å². The van der Waals surface area contributed by atoms with Crippen LogP contribution in [0.1, 0.15) is 38.8 Å². The van der Waals surface area contributed by atoms with Gasteiger partial charge in [0.25, 0.3) is 0 Å². The van der Waals surface area contributed by atoms with Crippen LogP contribution >= 0.6 is 0 Å². The molecule has 1 fully saturated rings. The molecule has 0 spiro atoms. The van der Waals surface area contributed by atoms with Crippen LogP contribution in [-0.2, 0) is 9.59 Å². The molecule has 1 N–H and O–H groups in total. The Labute approximate surface area is 113 Å². The molecule has 0 saturated carbocycles. The molecule has 1 aliphatic rings. The van der Waals surface area contributed by atoms with Crippen LogP contribution in [0.15, 0.2) is 30.3 Å². The Balaban J connectivity index is 2.41. The van der Waals surface area contributed by atoms with Crippen LogP contribution in [0.4, 0.5) is 0 Å². The summed E-state index contributed by atoms with van der Waals surface area (Å²) < 4.78 is 0. The van der Waals surface area contributed by atoms with E-state index >= 15 is 0 Å². The van der Waals surface area contributed by atoms with Crippen molar-refractivity contribution in [1.82, 2.24) is 10.2 Å². The zero-order chi connectivity index (χ0) is 14.0. The molecule has 0 aromatic heterocycles. The predicted molar refractivity (Wildman–Crippen MR) is 73.4 cm³/mol. The fourth-order valence-electron chi connectivity index (χ4n) is 2.50. The van der Waals surface area contributed by atoms with E-state index in [1.165, 1.54) is 0 Å². The summed E-state index contributed by atoms with van der Waals surface area (Å²) in [6.45, 7) is 6.13. The third-order valence-corrected chi connectivity index (χ3v) is 3.86. The number of rotatable bonds is 3. The number of likely N-dealkylation sites (N-methyl/N-ethyl adjacent to an activating group) is 1. The van der Waals surface area contributed by atoms with Crippen LogP contribution < -0.4 is 5.32 Å². The third kappa shape index (κ3) is 2.23. The maximum Gasteiger partial charge on any atom is 0.248 e. The Hall–Kier alpha value is -1.84. The van der Waals surface area contributed by atoms with Gasteiger partial charge in [0.2, 0.25) is 11.8 Å². The van der Waals surface area contributed by atoms with Gasteiger partial charge in [0.15, 0.2) is 0 Å². The van der Waals surface area contributed by atoms with E-state index in [-0.39, 0.29) is 11.8 Å². The number of carbonyl (C=O) groups is 2. The molecule has 2 rings (SSSR count). The second-order valence-electron chi connectivity index (χ2n) is 5.08. The molecule has 19 heavy (non-hydrogen) atoms. The van der Waals surface area contributed by atoms with Crippen molar-refractivity contribution in [3.05, 3.63) is 35.9 Å². The second-order valence-corrected chi connectivity index (χ2v) is 5.08. The van der Waals surface area contributed by atoms with E-state index in [0.29, 0.717) is 13.0 Å². The standard InChI is InChI=1S/C15H20N2O2/c1-4-15(3)14(19)17(5-2)12(13(18)16-15)11-9-7-6-8-10-11/h6-10,12H,4-5H2,1-3H3,(H,16,18). The van der Waals surface area contributed by atoms with Gasteiger partial charge in [-0.1, -0.05) is 37.3 Å². The van der Waals surface area contributed by atoms with Gasteiger partial charge >= 0.3 is 0 Å². The summed E-state index contributed by atoms with van der Waals surface area (Å²) in [7, 11) is 0. The van der Waals surface area contributed by atoms with E-state index in [1.54, 1.807) is 11.8 Å². The summed E-state index contributed by atoms with van der Waals surface area (Å²) in [6, 6.07) is 8.92. The number of amides is 2. The monoisotopic (exact) mass is 260 g/mol. The van der Waals surface area contributed by atoms with Gasteiger partial charge in [0, 0.05) is 6.54 Å². The lowest BCUT2D eigenvalue weighted by atomic mass is 9.89. The summed E-state index contributed by atoms with van der Waals surface area (Å²) in [6.07, 6.45) is 0.593. The Morgan fingerprint density at radius 2 is 1.84 bits per heavy atom. The topological polar surface area (TPSA) is 49.4 Å². The summed E-state index contributed by atoms with van der Waals surface area (Å²) in [5, 5.41) is 2.87. The first kappa shape index (κ1) is 13.6. The van der Waals surface area contributed by atoms with Crippen LogP contribution in [0, 0.1) is 0 Å². The predicted octanol–water partition coefficient (Wildman–Crippen LogP) is 1.87. The molecule has 1 aromatic carbocycles. The molecule has 2 atom stereocenters. The summed E-state index contributed by atoms with van der Waals surface area (Å²) >= 11 is 0. The van der Waals surface area contributed by atoms with Crippen LogP contribution in [0.5, 0.6) is 0 Å². The number of benzene rings is 1. The van der Waals surface area contributed by atoms with Gasteiger partial charge in [-0.3, -0.25) is 9.59 Å². The Morgan fingerprint density at radius 3 is 2.37 bits per heavy atom. The number of hydrogen-bond acceptors (Lipinski definition) is 2. The van der Waals surface area contributed by atoms with E-state index in [9.17, 15) is 9.59 Å². The van der Waals surface area contributed by atoms with Crippen molar-refractivity contribution in [2.24, 2.45) is 0 Å². The number of hydrogen-bond donors (Lipinski definition) is 1. The molecule has 2 amide bonds. The zero-order valence-electron chi connectivity index (χ0n) is 11.6. The third-order valence-electron chi connectivity index (χ3n) is 3.86. The van der Waals surface area contributed by atoms with E-state index in [1.807, 2.05) is 44.2 Å². The molecule has 1 aliphatic heterocycles. The first-order chi connectivity index (χ1) is 9.03. The minimum absolute atomic E-state index is 0.00838. The van der Waals surface area contributed by atoms with Crippen molar-refractivity contribution in [2.75, 3.05) is 6.54 Å². The lowest BCUT2D eigenvalue weighted by Crippen LogP contribution is -2.65. The second kappa shape index (κ2) is 5.03. The molecule has 4 heteroatoms. The lowest BCUT2D eigenvalue weighted by molar-refractivity contribution is -0.154. The molecule has 0 radical (unpaired) electrons. The Morgan fingerprint density at radius 1 is 1.21 bits per heavy atom. The van der Waals surface area contributed by atoms with Gasteiger partial charge < -0.3 is 10.2 Å². The highest BCUT2D eigenvalue weighted by atomic mass is 16.2. The fourth-order valence-corrected chi connectivity index (χ4v) is 2.50. The summed E-state index contributed by atoms with van der Waals surface area (Å²) in [4.78, 5) is 26.6. The van der Waals surface area contributed by atoms with E-state index in [2.05, 4.69) is 5.32 Å². The molecular weight excluding hydrogens is 240 g/mol. The number of piperazine rings is 1. The Bertz CT molecular complexity index is 486. The smallest absolute Gasteiger partial charge is 0.248 e. The van der Waals surface area contributed by atoms with E-state index < -0.39 is 11.6 Å². The van der Waals surface area contributed by atoms with Crippen molar-refractivity contribution in [2.45, 2.75) is 38.8 Å². The van der Waals surface area contributed by atoms with Crippen LogP contribution in [0.2, 0.25) is 0 Å². The van der Waals surface area contributed by atoms with Crippen molar-refractivity contribution in [3.63, 3.8) is 0 Å². The van der Waals surface area contributed by atoms with E-state index in [0.717, 1.165) is 5.56 Å². The van der Waals surface area contributed by atoms with Crippen LogP contribution in [-0.4, -0.2) is 28.8 Å². The van der Waals surface area contributed by atoms with Gasteiger partial charge in [-0.15, -0.1) is 0 Å². The molecule has 102 valence electrons. The number of carbonyl (C=O) groups excluding carboxylic acids is 2. The molecule has 1 heterocycles. The summed E-state index contributed by atoms with van der Waals surface area (Å²) in [5.41, 5.74) is 0.0756. The van der Waals surface area contributed by atoms with Gasteiger partial charge in [-0.25, -0.2) is 0 Å². The van der Waals surface area contributed by atoms with Crippen LogP contribution in [0.25, 0.3) is 0 Å². The van der Waals surface area contributed by atoms with Gasteiger partial charge in [-0.2, -0.15) is 0 Å². The molecule has 0 bridgehead atoms. The maximum absolute atomic E-state index is 12.5. The van der Waals surface area contributed by atoms with E-state index in [4.69, 9.17) is 0 Å². The first-order valence-corrected chi connectivity index (χ1v) is 6.71. The zero-order valence-corrected chi connectivity index (χ0v) is 11.6. The minimum atomic E-state index is -0.779.